The first kappa shape index (κ1) is 13.6. The molecule has 0 saturated carbocycles. The second kappa shape index (κ2) is 6.30. The fourth-order valence-electron chi connectivity index (χ4n) is 1.35. The molecule has 1 aromatic carbocycles. The van der Waals surface area contributed by atoms with Crippen LogP contribution in [0.5, 0.6) is 0 Å². The molecule has 5 heteroatoms. The molecule has 0 atom stereocenters. The third-order valence-corrected chi connectivity index (χ3v) is 3.57. The van der Waals surface area contributed by atoms with Crippen molar-refractivity contribution in [3.05, 3.63) is 36.9 Å². The zero-order chi connectivity index (χ0) is 12.7. The molecule has 94 valence electrons. The zero-order valence-corrected chi connectivity index (χ0v) is 10.8. The van der Waals surface area contributed by atoms with Gasteiger partial charge in [0.15, 0.2) is 0 Å². The van der Waals surface area contributed by atoms with Crippen molar-refractivity contribution in [3.63, 3.8) is 0 Å². The van der Waals surface area contributed by atoms with Crippen LogP contribution in [0.1, 0.15) is 13.3 Å². The van der Waals surface area contributed by atoms with Crippen LogP contribution >= 0.6 is 0 Å². The molecule has 1 rings (SSSR count). The molecule has 1 aromatic rings. The third-order valence-electron chi connectivity index (χ3n) is 2.08. The summed E-state index contributed by atoms with van der Waals surface area (Å²) < 4.78 is 25.6. The lowest BCUT2D eigenvalue weighted by atomic mass is 10.3. The summed E-state index contributed by atoms with van der Waals surface area (Å²) in [5, 5.41) is 3.11. The van der Waals surface area contributed by atoms with Gasteiger partial charge in [-0.2, -0.15) is 0 Å². The molecule has 0 unspecified atom stereocenters. The molecule has 0 amide bonds. The minimum absolute atomic E-state index is 0.142. The van der Waals surface area contributed by atoms with Crippen molar-refractivity contribution in [2.24, 2.45) is 0 Å². The molecule has 0 saturated heterocycles. The number of sulfonamides is 1. The quantitative estimate of drug-likeness (QED) is 0.735. The molecule has 17 heavy (non-hydrogen) atoms. The average molecular weight is 254 g/mol. The van der Waals surface area contributed by atoms with Gasteiger partial charge in [0.1, 0.15) is 0 Å². The van der Waals surface area contributed by atoms with E-state index in [1.54, 1.807) is 18.2 Å². The Kier molecular flexibility index (Phi) is 5.03. The van der Waals surface area contributed by atoms with E-state index in [9.17, 15) is 8.42 Å². The van der Waals surface area contributed by atoms with Crippen molar-refractivity contribution in [3.8, 4) is 0 Å². The van der Waals surface area contributed by atoms with Gasteiger partial charge < -0.3 is 5.32 Å². The number of hydrogen-bond donors (Lipinski definition) is 2. The van der Waals surface area contributed by atoms with Crippen LogP contribution < -0.4 is 10.0 Å². The number of anilines is 2. The van der Waals surface area contributed by atoms with Gasteiger partial charge in [0.05, 0.1) is 5.75 Å². The fourth-order valence-corrected chi connectivity index (χ4v) is 2.48. The first-order chi connectivity index (χ1) is 8.07. The van der Waals surface area contributed by atoms with Crippen LogP contribution in [0.4, 0.5) is 11.4 Å². The molecule has 0 fully saturated rings. The molecule has 0 aliphatic rings. The Morgan fingerprint density at radius 1 is 1.24 bits per heavy atom. The van der Waals surface area contributed by atoms with Crippen molar-refractivity contribution >= 4 is 21.4 Å². The van der Waals surface area contributed by atoms with E-state index in [1.165, 1.54) is 0 Å². The minimum Gasteiger partial charge on any atom is -0.382 e. The lowest BCUT2D eigenvalue weighted by Crippen LogP contribution is -2.15. The van der Waals surface area contributed by atoms with E-state index in [4.69, 9.17) is 0 Å². The largest absolute Gasteiger partial charge is 0.382 e. The van der Waals surface area contributed by atoms with Crippen LogP contribution in [-0.4, -0.2) is 20.7 Å². The Morgan fingerprint density at radius 2 is 1.82 bits per heavy atom. The number of rotatable bonds is 7. The number of nitrogens with one attached hydrogen (secondary N) is 2. The van der Waals surface area contributed by atoms with E-state index in [0.717, 1.165) is 5.69 Å². The van der Waals surface area contributed by atoms with Crippen LogP contribution in [0.25, 0.3) is 0 Å². The van der Waals surface area contributed by atoms with Gasteiger partial charge in [0.2, 0.25) is 10.0 Å². The molecular weight excluding hydrogens is 236 g/mol. The first-order valence-electron chi connectivity index (χ1n) is 5.52. The number of hydrogen-bond acceptors (Lipinski definition) is 3. The van der Waals surface area contributed by atoms with Crippen LogP contribution in [0, 0.1) is 0 Å². The lowest BCUT2D eigenvalue weighted by Gasteiger charge is -2.08. The summed E-state index contributed by atoms with van der Waals surface area (Å²) in [7, 11) is -3.20. The fraction of sp³-hybridized carbons (Fsp3) is 0.333. The van der Waals surface area contributed by atoms with Gasteiger partial charge in [0.25, 0.3) is 0 Å². The van der Waals surface area contributed by atoms with Crippen molar-refractivity contribution in [2.45, 2.75) is 13.3 Å². The van der Waals surface area contributed by atoms with Gasteiger partial charge in [-0.15, -0.1) is 6.58 Å². The Labute approximate surface area is 103 Å². The normalized spacial score (nSPS) is 10.9. The van der Waals surface area contributed by atoms with Gasteiger partial charge in [-0.05, 0) is 30.7 Å². The predicted molar refractivity (Wildman–Crippen MR) is 72.8 cm³/mol. The van der Waals surface area contributed by atoms with Gasteiger partial charge in [-0.1, -0.05) is 13.0 Å². The van der Waals surface area contributed by atoms with Gasteiger partial charge in [-0.3, -0.25) is 4.72 Å². The second-order valence-corrected chi connectivity index (χ2v) is 5.51. The van der Waals surface area contributed by atoms with E-state index in [0.29, 0.717) is 18.7 Å². The molecular formula is C12H18N2O2S. The third kappa shape index (κ3) is 4.91. The van der Waals surface area contributed by atoms with E-state index in [1.807, 2.05) is 19.1 Å². The molecule has 2 N–H and O–H groups in total. The smallest absolute Gasteiger partial charge is 0.232 e. The first-order valence-corrected chi connectivity index (χ1v) is 7.18. The van der Waals surface area contributed by atoms with Gasteiger partial charge >= 0.3 is 0 Å². The Bertz CT molecular complexity index is 452. The summed E-state index contributed by atoms with van der Waals surface area (Å²) in [5.74, 6) is 0.142. The summed E-state index contributed by atoms with van der Waals surface area (Å²) in [6.45, 7) is 6.12. The van der Waals surface area contributed by atoms with Crippen molar-refractivity contribution in [1.82, 2.24) is 0 Å². The molecule has 0 bridgehead atoms. The summed E-state index contributed by atoms with van der Waals surface area (Å²) in [6, 6.07) is 7.12. The summed E-state index contributed by atoms with van der Waals surface area (Å²) >= 11 is 0. The maximum atomic E-state index is 11.5. The van der Waals surface area contributed by atoms with Crippen LogP contribution in [-0.2, 0) is 10.0 Å². The van der Waals surface area contributed by atoms with Gasteiger partial charge in [0, 0.05) is 17.9 Å². The Balaban J connectivity index is 2.65. The molecule has 0 aliphatic carbocycles. The second-order valence-electron chi connectivity index (χ2n) is 3.67. The molecule has 0 heterocycles. The predicted octanol–water partition coefficient (Wildman–Crippen LogP) is 2.44. The summed E-state index contributed by atoms with van der Waals surface area (Å²) in [6.07, 6.45) is 2.37. The van der Waals surface area contributed by atoms with E-state index < -0.39 is 10.0 Å². The Morgan fingerprint density at radius 3 is 2.35 bits per heavy atom. The topological polar surface area (TPSA) is 58.2 Å². The van der Waals surface area contributed by atoms with E-state index >= 15 is 0 Å². The molecule has 0 radical (unpaired) electrons. The standard InChI is InChI=1S/C12H18N2O2S/c1-3-9-13-11-5-7-12(8-6-11)14-17(15,16)10-4-2/h3,5-8,13-14H,1,4,9-10H2,2H3. The average Bonchev–Trinajstić information content (AvgIpc) is 2.27. The van der Waals surface area contributed by atoms with Crippen LogP contribution in [0.15, 0.2) is 36.9 Å². The highest BCUT2D eigenvalue weighted by molar-refractivity contribution is 7.92. The monoisotopic (exact) mass is 254 g/mol. The SMILES string of the molecule is C=CCNc1ccc(NS(=O)(=O)CCC)cc1. The van der Waals surface area contributed by atoms with Crippen molar-refractivity contribution in [2.75, 3.05) is 22.3 Å². The molecule has 0 aliphatic heterocycles. The molecule has 0 spiro atoms. The number of benzene rings is 1. The molecule has 4 nitrogen and oxygen atoms in total. The van der Waals surface area contributed by atoms with Crippen molar-refractivity contribution in [1.29, 1.82) is 0 Å². The minimum atomic E-state index is -3.20. The highest BCUT2D eigenvalue weighted by Crippen LogP contribution is 2.14. The maximum absolute atomic E-state index is 11.5. The lowest BCUT2D eigenvalue weighted by molar-refractivity contribution is 0.600. The summed E-state index contributed by atoms with van der Waals surface area (Å²) in [5.41, 5.74) is 1.52. The summed E-state index contributed by atoms with van der Waals surface area (Å²) in [4.78, 5) is 0. The van der Waals surface area contributed by atoms with E-state index in [-0.39, 0.29) is 5.75 Å². The Hall–Kier alpha value is -1.49. The highest BCUT2D eigenvalue weighted by atomic mass is 32.2. The maximum Gasteiger partial charge on any atom is 0.232 e. The van der Waals surface area contributed by atoms with Crippen LogP contribution in [0.2, 0.25) is 0 Å². The van der Waals surface area contributed by atoms with Gasteiger partial charge in [-0.25, -0.2) is 8.42 Å². The van der Waals surface area contributed by atoms with Crippen molar-refractivity contribution < 1.29 is 8.42 Å². The van der Waals surface area contributed by atoms with Crippen LogP contribution in [0.3, 0.4) is 0 Å². The van der Waals surface area contributed by atoms with E-state index in [2.05, 4.69) is 16.6 Å². The zero-order valence-electron chi connectivity index (χ0n) is 9.94. The highest BCUT2D eigenvalue weighted by Gasteiger charge is 2.07. The molecule has 0 aromatic heterocycles.